The van der Waals surface area contributed by atoms with Crippen LogP contribution in [0, 0.1) is 0 Å². The van der Waals surface area contributed by atoms with Crippen LogP contribution in [0.4, 0.5) is 0 Å². The molecule has 0 amide bonds. The minimum atomic E-state index is 0.572. The molecule has 0 radical (unpaired) electrons. The fourth-order valence-corrected chi connectivity index (χ4v) is 3.36. The minimum Gasteiger partial charge on any atom is -0.493 e. The molecule has 0 atom stereocenters. The Balaban J connectivity index is 1.88. The van der Waals surface area contributed by atoms with E-state index in [0.29, 0.717) is 28.0 Å². The van der Waals surface area contributed by atoms with Gasteiger partial charge in [0.25, 0.3) is 5.19 Å². The molecule has 0 aliphatic rings. The molecule has 0 aliphatic heterocycles. The van der Waals surface area contributed by atoms with Gasteiger partial charge in [0.2, 0.25) is 4.96 Å². The van der Waals surface area contributed by atoms with Crippen molar-refractivity contribution in [1.82, 2.24) is 14.6 Å². The molecule has 0 unspecified atom stereocenters. The van der Waals surface area contributed by atoms with Crippen LogP contribution in [0.1, 0.15) is 0 Å². The number of methoxy groups -OCH3 is 2. The van der Waals surface area contributed by atoms with Crippen molar-refractivity contribution >= 4 is 43.2 Å². The number of hydrogen-bond acceptors (Lipinski definition) is 6. The summed E-state index contributed by atoms with van der Waals surface area (Å²) in [5.74, 6) is 1.35. The monoisotopic (exact) mass is 379 g/mol. The summed E-state index contributed by atoms with van der Waals surface area (Å²) in [6.07, 6.45) is 1.81. The lowest BCUT2D eigenvalue weighted by molar-refractivity contribution is 0.405. The molecular formula is C14H10BrN3O3S. The molecule has 0 bridgehead atoms. The number of furan rings is 1. The van der Waals surface area contributed by atoms with Crippen molar-refractivity contribution in [3.63, 3.8) is 0 Å². The normalized spacial score (nSPS) is 11.4. The molecule has 3 heterocycles. The van der Waals surface area contributed by atoms with Gasteiger partial charge in [-0.05, 0) is 29.5 Å². The third-order valence-corrected chi connectivity index (χ3v) is 4.84. The van der Waals surface area contributed by atoms with E-state index in [1.807, 2.05) is 24.4 Å². The highest BCUT2D eigenvalue weighted by molar-refractivity contribution is 9.10. The smallest absolute Gasteiger partial charge is 0.294 e. The number of fused-ring (bicyclic) bond motifs is 2. The predicted molar refractivity (Wildman–Crippen MR) is 86.9 cm³/mol. The van der Waals surface area contributed by atoms with E-state index in [1.165, 1.54) is 11.3 Å². The molecule has 0 saturated heterocycles. The fourth-order valence-electron chi connectivity index (χ4n) is 2.24. The molecule has 0 saturated carbocycles. The van der Waals surface area contributed by atoms with Gasteiger partial charge >= 0.3 is 0 Å². The van der Waals surface area contributed by atoms with Crippen molar-refractivity contribution in [2.45, 2.75) is 0 Å². The Morgan fingerprint density at radius 3 is 2.86 bits per heavy atom. The molecule has 22 heavy (non-hydrogen) atoms. The number of rotatable bonds is 3. The second-order valence-corrected chi connectivity index (χ2v) is 6.30. The van der Waals surface area contributed by atoms with Gasteiger partial charge < -0.3 is 13.9 Å². The maximum Gasteiger partial charge on any atom is 0.294 e. The van der Waals surface area contributed by atoms with Gasteiger partial charge in [0, 0.05) is 9.86 Å². The van der Waals surface area contributed by atoms with E-state index in [2.05, 4.69) is 26.0 Å². The highest BCUT2D eigenvalue weighted by Gasteiger charge is 2.16. The minimum absolute atomic E-state index is 0.572. The second-order valence-electron chi connectivity index (χ2n) is 4.53. The van der Waals surface area contributed by atoms with Crippen LogP contribution < -0.4 is 9.47 Å². The summed E-state index contributed by atoms with van der Waals surface area (Å²) in [5.41, 5.74) is 1.40. The Hall–Kier alpha value is -2.06. The van der Waals surface area contributed by atoms with Crippen molar-refractivity contribution in [3.8, 4) is 22.4 Å². The van der Waals surface area contributed by atoms with Gasteiger partial charge in [0.15, 0.2) is 17.1 Å². The van der Waals surface area contributed by atoms with Gasteiger partial charge in [-0.3, -0.25) is 0 Å². The van der Waals surface area contributed by atoms with Gasteiger partial charge in [0.05, 0.1) is 20.4 Å². The Labute approximate surface area is 137 Å². The van der Waals surface area contributed by atoms with Crippen molar-refractivity contribution in [2.75, 3.05) is 14.2 Å². The number of aromatic nitrogens is 3. The van der Waals surface area contributed by atoms with Crippen LogP contribution >= 0.6 is 27.3 Å². The van der Waals surface area contributed by atoms with Crippen LogP contribution in [-0.2, 0) is 0 Å². The van der Waals surface area contributed by atoms with Crippen molar-refractivity contribution in [2.24, 2.45) is 0 Å². The molecule has 0 fully saturated rings. The van der Waals surface area contributed by atoms with E-state index in [1.54, 1.807) is 18.7 Å². The molecule has 0 aliphatic carbocycles. The standard InChI is InChI=1S/C14H10BrN3O3S/c1-19-10-4-3-8(15)7-5-11(21-12(7)10)9-6-18-13(16-9)22-14(17-18)20-2/h3-6H,1-2H3. The van der Waals surface area contributed by atoms with Crippen LogP contribution in [0.2, 0.25) is 0 Å². The lowest BCUT2D eigenvalue weighted by Crippen LogP contribution is -1.84. The molecular weight excluding hydrogens is 370 g/mol. The molecule has 0 N–H and O–H groups in total. The Morgan fingerprint density at radius 2 is 2.14 bits per heavy atom. The van der Waals surface area contributed by atoms with Gasteiger partial charge in [-0.15, -0.1) is 5.10 Å². The van der Waals surface area contributed by atoms with Crippen LogP contribution in [0.3, 0.4) is 0 Å². The first kappa shape index (κ1) is 13.6. The molecule has 6 nitrogen and oxygen atoms in total. The van der Waals surface area contributed by atoms with Crippen molar-refractivity contribution in [3.05, 3.63) is 28.9 Å². The van der Waals surface area contributed by atoms with Crippen LogP contribution in [0.15, 0.2) is 33.3 Å². The molecule has 1 aromatic carbocycles. The Kier molecular flexibility index (Phi) is 3.08. The first-order chi connectivity index (χ1) is 10.7. The van der Waals surface area contributed by atoms with E-state index in [9.17, 15) is 0 Å². The zero-order valence-electron chi connectivity index (χ0n) is 11.7. The second kappa shape index (κ2) is 4.99. The topological polar surface area (TPSA) is 61.8 Å². The number of hydrogen-bond donors (Lipinski definition) is 0. The van der Waals surface area contributed by atoms with E-state index >= 15 is 0 Å². The number of halogens is 1. The lowest BCUT2D eigenvalue weighted by atomic mass is 10.2. The average molecular weight is 380 g/mol. The third-order valence-electron chi connectivity index (χ3n) is 3.27. The molecule has 4 aromatic rings. The molecule has 0 spiro atoms. The molecule has 4 rings (SSSR count). The highest BCUT2D eigenvalue weighted by Crippen LogP contribution is 2.37. The first-order valence-electron chi connectivity index (χ1n) is 6.36. The van der Waals surface area contributed by atoms with Crippen LogP contribution in [0.5, 0.6) is 10.9 Å². The lowest BCUT2D eigenvalue weighted by Gasteiger charge is -2.00. The van der Waals surface area contributed by atoms with E-state index < -0.39 is 0 Å². The van der Waals surface area contributed by atoms with E-state index in [0.717, 1.165) is 14.8 Å². The Morgan fingerprint density at radius 1 is 1.27 bits per heavy atom. The van der Waals surface area contributed by atoms with Crippen LogP contribution in [0.25, 0.3) is 27.4 Å². The SMILES string of the molecule is COc1nn2cc(-c3cc4c(Br)ccc(OC)c4o3)nc2s1. The summed E-state index contributed by atoms with van der Waals surface area (Å²) in [7, 11) is 3.20. The van der Waals surface area contributed by atoms with Gasteiger partial charge in [0.1, 0.15) is 5.69 Å². The Bertz CT molecular complexity index is 957. The molecule has 112 valence electrons. The maximum absolute atomic E-state index is 5.93. The highest BCUT2D eigenvalue weighted by atomic mass is 79.9. The zero-order valence-corrected chi connectivity index (χ0v) is 14.1. The summed E-state index contributed by atoms with van der Waals surface area (Å²) in [6.45, 7) is 0. The summed E-state index contributed by atoms with van der Waals surface area (Å²) in [4.78, 5) is 5.27. The summed E-state index contributed by atoms with van der Waals surface area (Å²) >= 11 is 4.90. The predicted octanol–water partition coefficient (Wildman–Crippen LogP) is 3.98. The van der Waals surface area contributed by atoms with Gasteiger partial charge in [-0.25, -0.2) is 9.50 Å². The van der Waals surface area contributed by atoms with Crippen LogP contribution in [-0.4, -0.2) is 28.8 Å². The van der Waals surface area contributed by atoms with E-state index in [4.69, 9.17) is 13.9 Å². The average Bonchev–Trinajstić information content (AvgIpc) is 3.19. The number of imidazole rings is 1. The summed E-state index contributed by atoms with van der Waals surface area (Å²) < 4.78 is 19.0. The van der Waals surface area contributed by atoms with Gasteiger partial charge in [-0.2, -0.15) is 0 Å². The largest absolute Gasteiger partial charge is 0.493 e. The summed E-state index contributed by atoms with van der Waals surface area (Å²) in [5, 5.41) is 5.77. The first-order valence-corrected chi connectivity index (χ1v) is 7.97. The third kappa shape index (κ3) is 1.98. The number of nitrogens with zero attached hydrogens (tertiary/aromatic N) is 3. The van der Waals surface area contributed by atoms with Gasteiger partial charge in [-0.1, -0.05) is 15.9 Å². The quantitative estimate of drug-likeness (QED) is 0.538. The van der Waals surface area contributed by atoms with Crippen molar-refractivity contribution in [1.29, 1.82) is 0 Å². The molecule has 8 heteroatoms. The van der Waals surface area contributed by atoms with E-state index in [-0.39, 0.29) is 0 Å². The van der Waals surface area contributed by atoms with Crippen molar-refractivity contribution < 1.29 is 13.9 Å². The fraction of sp³-hybridized carbons (Fsp3) is 0.143. The molecule has 3 aromatic heterocycles. The summed E-state index contributed by atoms with van der Waals surface area (Å²) in [6, 6.07) is 5.72. The zero-order chi connectivity index (χ0) is 15.3. The number of ether oxygens (including phenoxy) is 2. The maximum atomic E-state index is 5.93. The number of benzene rings is 1.